The van der Waals surface area contributed by atoms with Crippen LogP contribution >= 0.6 is 23.2 Å². The maximum absolute atomic E-state index is 16.1. The average Bonchev–Trinajstić information content (AvgIpc) is 3.57. The lowest BCUT2D eigenvalue weighted by molar-refractivity contribution is -0.138. The molecular weight excluding hydrogens is 693 g/mol. The minimum absolute atomic E-state index is 0.0574. The molecular formula is C31H26Cl2F2N6O6S. The van der Waals surface area contributed by atoms with Crippen LogP contribution in [0.1, 0.15) is 21.5 Å². The minimum Gasteiger partial charge on any atom is -0.480 e. The van der Waals surface area contributed by atoms with E-state index in [-0.39, 0.29) is 45.9 Å². The molecule has 1 amide bonds. The summed E-state index contributed by atoms with van der Waals surface area (Å²) in [4.78, 5) is 46.0. The maximum Gasteiger partial charge on any atom is 0.329 e. The van der Waals surface area contributed by atoms with Gasteiger partial charge in [0.15, 0.2) is 17.8 Å². The molecule has 0 spiro atoms. The second-order valence-corrected chi connectivity index (χ2v) is 12.1. The van der Waals surface area contributed by atoms with Crippen molar-refractivity contribution in [1.82, 2.24) is 19.9 Å². The fourth-order valence-corrected chi connectivity index (χ4v) is 6.56. The Kier molecular flexibility index (Phi) is 10.6. The van der Waals surface area contributed by atoms with E-state index in [1.807, 2.05) is 18.2 Å². The Balaban J connectivity index is 1.53. The van der Waals surface area contributed by atoms with Gasteiger partial charge in [0.1, 0.15) is 11.4 Å². The number of aryl methyl sites for hydroxylation is 2. The van der Waals surface area contributed by atoms with Gasteiger partial charge in [0.2, 0.25) is 16.3 Å². The number of H-pyrrole nitrogens is 1. The number of aromatic amines is 1. The normalized spacial score (nSPS) is 11.9. The Morgan fingerprint density at radius 2 is 1.79 bits per heavy atom. The summed E-state index contributed by atoms with van der Waals surface area (Å²) in [6.45, 7) is -1.09. The molecule has 4 N–H and O–H groups in total. The number of aliphatic carboxylic acids is 1. The number of carboxylic acids is 1. The topological polar surface area (TPSA) is 166 Å². The molecule has 0 aliphatic rings. The van der Waals surface area contributed by atoms with Crippen LogP contribution in [0, 0.1) is 11.6 Å². The Bertz CT molecular complexity index is 2100. The number of aromatic nitrogens is 3. The summed E-state index contributed by atoms with van der Waals surface area (Å²) >= 11 is 12.3. The molecule has 2 heterocycles. The highest BCUT2D eigenvalue weighted by Gasteiger charge is 2.32. The lowest BCUT2D eigenvalue weighted by Gasteiger charge is -2.26. The van der Waals surface area contributed by atoms with Crippen molar-refractivity contribution < 1.29 is 31.9 Å². The van der Waals surface area contributed by atoms with Crippen LogP contribution in [0.15, 0.2) is 78.0 Å². The van der Waals surface area contributed by atoms with Crippen LogP contribution in [0.2, 0.25) is 10.0 Å². The number of imidazole rings is 1. The van der Waals surface area contributed by atoms with Gasteiger partial charge in [-0.2, -0.15) is 0 Å². The van der Waals surface area contributed by atoms with E-state index >= 15 is 8.78 Å². The number of carbonyl (C=O) groups is 2. The maximum atomic E-state index is 16.1. The zero-order chi connectivity index (χ0) is 34.5. The molecule has 0 saturated heterocycles. The zero-order valence-electron chi connectivity index (χ0n) is 24.6. The summed E-state index contributed by atoms with van der Waals surface area (Å²) in [7, 11) is -3.65. The van der Waals surface area contributed by atoms with E-state index in [4.69, 9.17) is 23.2 Å². The number of nitrogens with one attached hydrogen (secondary N) is 3. The zero-order valence-corrected chi connectivity index (χ0v) is 27.0. The largest absolute Gasteiger partial charge is 0.480 e. The van der Waals surface area contributed by atoms with E-state index in [1.165, 1.54) is 35.2 Å². The number of nitrogens with zero attached hydrogens (tertiary/aromatic N) is 3. The van der Waals surface area contributed by atoms with Crippen molar-refractivity contribution >= 4 is 68.5 Å². The number of carbonyl (C=O) groups excluding carboxylic acids is 1. The van der Waals surface area contributed by atoms with E-state index in [0.717, 1.165) is 17.8 Å². The second-order valence-electron chi connectivity index (χ2n) is 10.4. The van der Waals surface area contributed by atoms with Gasteiger partial charge in [-0.3, -0.25) is 13.9 Å². The number of rotatable bonds is 13. The smallest absolute Gasteiger partial charge is 0.329 e. The van der Waals surface area contributed by atoms with Crippen LogP contribution in [0.3, 0.4) is 0 Å². The molecule has 1 unspecified atom stereocenters. The Hall–Kier alpha value is -4.99. The third-order valence-electron chi connectivity index (χ3n) is 7.39. The number of halogens is 4. The monoisotopic (exact) mass is 718 g/mol. The summed E-state index contributed by atoms with van der Waals surface area (Å²) in [6.07, 6.45) is 4.40. The van der Waals surface area contributed by atoms with Gasteiger partial charge in [-0.1, -0.05) is 59.6 Å². The summed E-state index contributed by atoms with van der Waals surface area (Å²) in [6, 6.07) is 12.0. The van der Waals surface area contributed by atoms with Gasteiger partial charge in [-0.25, -0.2) is 27.0 Å². The molecule has 2 aromatic heterocycles. The van der Waals surface area contributed by atoms with Crippen molar-refractivity contribution in [2.45, 2.75) is 25.6 Å². The van der Waals surface area contributed by atoms with Crippen LogP contribution < -0.4 is 20.4 Å². The molecule has 5 rings (SSSR count). The van der Waals surface area contributed by atoms with E-state index in [9.17, 15) is 27.9 Å². The standard InChI is InChI=1S/C31H26Cl2F2N6O6S/c32-21-7-4-8-22(33)27(21)41(48(46)47)24(30(44)45)15-38-29(43)20-16-40(12-9-17-5-2-1-3-6-17)26-18(28(20)42)13-23(34)19(25(26)35)14-39-31-36-10-11-37-31/h1-8,10-11,13,16,24,48H,9,12,14-15H2,(H,38,43)(H,44,45)(H2,36,37,39). The quantitative estimate of drug-likeness (QED) is 0.112. The molecule has 0 bridgehead atoms. The molecule has 5 aromatic rings. The molecule has 3 aromatic carbocycles. The molecule has 0 saturated carbocycles. The van der Waals surface area contributed by atoms with Crippen LogP contribution in [0.5, 0.6) is 0 Å². The van der Waals surface area contributed by atoms with Crippen molar-refractivity contribution in [3.05, 3.63) is 122 Å². The first-order valence-corrected chi connectivity index (χ1v) is 16.1. The minimum atomic E-state index is -3.65. The Morgan fingerprint density at radius 3 is 2.42 bits per heavy atom. The number of anilines is 2. The second kappa shape index (κ2) is 14.8. The van der Waals surface area contributed by atoms with Gasteiger partial charge in [-0.05, 0) is 30.2 Å². The molecule has 12 nitrogen and oxygen atoms in total. The average molecular weight is 720 g/mol. The first-order valence-electron chi connectivity index (χ1n) is 14.2. The highest BCUT2D eigenvalue weighted by molar-refractivity contribution is 7.74. The molecule has 17 heteroatoms. The molecule has 48 heavy (non-hydrogen) atoms. The number of hydrogen-bond acceptors (Lipinski definition) is 7. The molecule has 250 valence electrons. The van der Waals surface area contributed by atoms with E-state index in [2.05, 4.69) is 20.6 Å². The number of carboxylic acid groups (broad SMARTS) is 1. The van der Waals surface area contributed by atoms with Crippen molar-refractivity contribution in [2.24, 2.45) is 0 Å². The number of fused-ring (bicyclic) bond motifs is 1. The lowest BCUT2D eigenvalue weighted by atomic mass is 10.0. The third-order valence-corrected chi connectivity index (χ3v) is 8.83. The number of para-hydroxylation sites is 1. The molecule has 0 fully saturated rings. The highest BCUT2D eigenvalue weighted by Crippen LogP contribution is 2.35. The predicted octanol–water partition coefficient (Wildman–Crippen LogP) is 4.38. The number of amides is 1. The Labute approximate surface area is 283 Å². The molecule has 0 aliphatic heterocycles. The van der Waals surface area contributed by atoms with E-state index < -0.39 is 63.4 Å². The molecule has 0 radical (unpaired) electrons. The molecule has 0 aliphatic carbocycles. The molecule has 1 atom stereocenters. The van der Waals surface area contributed by atoms with Crippen LogP contribution in [0.25, 0.3) is 10.9 Å². The fraction of sp³-hybridized carbons (Fsp3) is 0.161. The van der Waals surface area contributed by atoms with Crippen LogP contribution in [0.4, 0.5) is 20.4 Å². The van der Waals surface area contributed by atoms with Gasteiger partial charge in [0, 0.05) is 37.2 Å². The van der Waals surface area contributed by atoms with Crippen LogP contribution in [-0.2, 0) is 35.2 Å². The van der Waals surface area contributed by atoms with E-state index in [0.29, 0.717) is 10.7 Å². The van der Waals surface area contributed by atoms with E-state index in [1.54, 1.807) is 12.1 Å². The van der Waals surface area contributed by atoms with Gasteiger partial charge in [-0.15, -0.1) is 0 Å². The number of thiol groups is 1. The number of hydrogen-bond donors (Lipinski definition) is 5. The summed E-state index contributed by atoms with van der Waals surface area (Å²) in [5, 5.41) is 14.2. The first-order chi connectivity index (χ1) is 23.0. The van der Waals surface area contributed by atoms with Gasteiger partial charge >= 0.3 is 5.97 Å². The van der Waals surface area contributed by atoms with Gasteiger partial charge in [0.05, 0.1) is 33.2 Å². The highest BCUT2D eigenvalue weighted by atomic mass is 35.5. The summed E-state index contributed by atoms with van der Waals surface area (Å²) < 4.78 is 57.6. The van der Waals surface area contributed by atoms with Crippen molar-refractivity contribution in [3.63, 3.8) is 0 Å². The van der Waals surface area contributed by atoms with Gasteiger partial charge in [0.25, 0.3) is 5.91 Å². The van der Waals surface area contributed by atoms with Crippen molar-refractivity contribution in [1.29, 1.82) is 0 Å². The lowest BCUT2D eigenvalue weighted by Crippen LogP contribution is -2.49. The van der Waals surface area contributed by atoms with Crippen molar-refractivity contribution in [3.8, 4) is 0 Å². The van der Waals surface area contributed by atoms with Gasteiger partial charge < -0.3 is 25.3 Å². The Morgan fingerprint density at radius 1 is 1.08 bits per heavy atom. The fourth-order valence-electron chi connectivity index (χ4n) is 5.08. The number of pyridine rings is 1. The SMILES string of the molecule is O=C(NCC(C(=O)O)N(c1c(Cl)cccc1Cl)[SH](=O)=O)c1cn(CCc2ccccc2)c2c(F)c(CNc3ncc[nH]3)c(F)cc2c1=O. The van der Waals surface area contributed by atoms with Crippen molar-refractivity contribution in [2.75, 3.05) is 16.2 Å². The van der Waals surface area contributed by atoms with Crippen LogP contribution in [-0.4, -0.2) is 52.5 Å². The third kappa shape index (κ3) is 7.27. The summed E-state index contributed by atoms with van der Waals surface area (Å²) in [5.74, 6) is -4.60. The summed E-state index contributed by atoms with van der Waals surface area (Å²) in [5.41, 5.74) is -1.69. The predicted molar refractivity (Wildman–Crippen MR) is 177 cm³/mol. The first kappa shape index (κ1) is 34.3. The number of benzene rings is 3.